The number of carbonyl (C=O) groups is 1. The summed E-state index contributed by atoms with van der Waals surface area (Å²) in [7, 11) is 0. The maximum atomic E-state index is 13.1. The summed E-state index contributed by atoms with van der Waals surface area (Å²) >= 11 is 1.53. The standard InChI is InChI=1S/C14H11F4NOS/c15-12-4-3-9(8-11(12)14(16,17)18)13(20)19-6-5-10-2-1-7-21-10/h1-4,7-8H,5-6H2,(H,19,20). The first-order valence-corrected chi connectivity index (χ1v) is 6.93. The smallest absolute Gasteiger partial charge is 0.352 e. The lowest BCUT2D eigenvalue weighted by molar-refractivity contribution is -0.140. The minimum atomic E-state index is -4.82. The van der Waals surface area contributed by atoms with Crippen molar-refractivity contribution in [1.82, 2.24) is 5.32 Å². The van der Waals surface area contributed by atoms with Gasteiger partial charge in [-0.15, -0.1) is 11.3 Å². The Kier molecular flexibility index (Phi) is 4.62. The third-order valence-electron chi connectivity index (χ3n) is 2.77. The molecule has 0 spiro atoms. The summed E-state index contributed by atoms with van der Waals surface area (Å²) in [5.41, 5.74) is -1.65. The first-order chi connectivity index (χ1) is 9.88. The largest absolute Gasteiger partial charge is 0.419 e. The molecule has 1 amide bonds. The molecule has 0 aliphatic carbocycles. The van der Waals surface area contributed by atoms with Gasteiger partial charge >= 0.3 is 6.18 Å². The normalized spacial score (nSPS) is 11.4. The number of nitrogens with one attached hydrogen (secondary N) is 1. The molecule has 0 aliphatic rings. The van der Waals surface area contributed by atoms with Crippen molar-refractivity contribution in [2.75, 3.05) is 6.54 Å². The summed E-state index contributed by atoms with van der Waals surface area (Å²) in [6.07, 6.45) is -4.23. The highest BCUT2D eigenvalue weighted by Gasteiger charge is 2.34. The molecule has 0 saturated heterocycles. The number of hydrogen-bond donors (Lipinski definition) is 1. The van der Waals surface area contributed by atoms with Crippen LogP contribution in [0.4, 0.5) is 17.6 Å². The van der Waals surface area contributed by atoms with Crippen LogP contribution in [0.1, 0.15) is 20.8 Å². The Hall–Kier alpha value is -1.89. The molecule has 0 bridgehead atoms. The number of carbonyl (C=O) groups excluding carboxylic acids is 1. The van der Waals surface area contributed by atoms with Crippen molar-refractivity contribution >= 4 is 17.2 Å². The number of halogens is 4. The minimum absolute atomic E-state index is 0.213. The summed E-state index contributed by atoms with van der Waals surface area (Å²) in [6.45, 7) is 0.304. The molecule has 7 heteroatoms. The molecule has 1 heterocycles. The van der Waals surface area contributed by atoms with Crippen LogP contribution in [0.3, 0.4) is 0 Å². The van der Waals surface area contributed by atoms with Gasteiger partial charge in [0.05, 0.1) is 5.56 Å². The van der Waals surface area contributed by atoms with E-state index < -0.39 is 23.5 Å². The molecule has 0 aliphatic heterocycles. The van der Waals surface area contributed by atoms with E-state index in [1.54, 1.807) is 0 Å². The summed E-state index contributed by atoms with van der Waals surface area (Å²) in [4.78, 5) is 12.8. The summed E-state index contributed by atoms with van der Waals surface area (Å²) in [6, 6.07) is 5.98. The molecule has 2 nitrogen and oxygen atoms in total. The van der Waals surface area contributed by atoms with E-state index in [0.29, 0.717) is 25.1 Å². The maximum absolute atomic E-state index is 13.1. The second kappa shape index (κ2) is 6.26. The molecule has 21 heavy (non-hydrogen) atoms. The van der Waals surface area contributed by atoms with E-state index in [1.165, 1.54) is 11.3 Å². The molecule has 1 aromatic carbocycles. The van der Waals surface area contributed by atoms with Crippen molar-refractivity contribution in [1.29, 1.82) is 0 Å². The van der Waals surface area contributed by atoms with Crippen molar-refractivity contribution in [3.05, 3.63) is 57.5 Å². The Morgan fingerprint density at radius 1 is 1.24 bits per heavy atom. The van der Waals surface area contributed by atoms with Crippen LogP contribution in [0.5, 0.6) is 0 Å². The third-order valence-corrected chi connectivity index (χ3v) is 3.71. The first kappa shape index (κ1) is 15.5. The van der Waals surface area contributed by atoms with Gasteiger partial charge in [-0.05, 0) is 36.1 Å². The Morgan fingerprint density at radius 3 is 2.62 bits per heavy atom. The molecule has 1 N–H and O–H groups in total. The van der Waals surface area contributed by atoms with Crippen LogP contribution in [0.25, 0.3) is 0 Å². The van der Waals surface area contributed by atoms with Crippen molar-refractivity contribution in [2.24, 2.45) is 0 Å². The van der Waals surface area contributed by atoms with E-state index in [1.807, 2.05) is 17.5 Å². The number of benzene rings is 1. The van der Waals surface area contributed by atoms with Gasteiger partial charge in [-0.1, -0.05) is 6.07 Å². The lowest BCUT2D eigenvalue weighted by Gasteiger charge is -2.10. The molecule has 0 unspecified atom stereocenters. The zero-order valence-electron chi connectivity index (χ0n) is 10.7. The number of rotatable bonds is 4. The van der Waals surface area contributed by atoms with Crippen molar-refractivity contribution < 1.29 is 22.4 Å². The predicted octanol–water partition coefficient (Wildman–Crippen LogP) is 3.88. The molecule has 0 radical (unpaired) electrons. The second-order valence-electron chi connectivity index (χ2n) is 4.28. The van der Waals surface area contributed by atoms with Gasteiger partial charge in [-0.3, -0.25) is 4.79 Å². The SMILES string of the molecule is O=C(NCCc1cccs1)c1ccc(F)c(C(F)(F)F)c1. The van der Waals surface area contributed by atoms with Crippen molar-refractivity contribution in [3.8, 4) is 0 Å². The van der Waals surface area contributed by atoms with Gasteiger partial charge in [0.15, 0.2) is 0 Å². The van der Waals surface area contributed by atoms with Crippen LogP contribution in [0, 0.1) is 5.82 Å². The molecular formula is C14H11F4NOS. The van der Waals surface area contributed by atoms with E-state index in [-0.39, 0.29) is 5.56 Å². The topological polar surface area (TPSA) is 29.1 Å². The van der Waals surface area contributed by atoms with Gasteiger partial charge in [0.25, 0.3) is 5.91 Å². The monoisotopic (exact) mass is 317 g/mol. The average Bonchev–Trinajstić information content (AvgIpc) is 2.91. The Balaban J connectivity index is 2.02. The fraction of sp³-hybridized carbons (Fsp3) is 0.214. The van der Waals surface area contributed by atoms with Crippen molar-refractivity contribution in [2.45, 2.75) is 12.6 Å². The summed E-state index contributed by atoms with van der Waals surface area (Å²) in [5, 5.41) is 4.41. The molecule has 2 aromatic rings. The molecule has 0 saturated carbocycles. The molecule has 0 fully saturated rings. The third kappa shape index (κ3) is 4.04. The van der Waals surface area contributed by atoms with Crippen LogP contribution in [0.15, 0.2) is 35.7 Å². The fourth-order valence-corrected chi connectivity index (χ4v) is 2.45. The number of thiophene rings is 1. The van der Waals surface area contributed by atoms with Gasteiger partial charge in [0.2, 0.25) is 0 Å². The zero-order chi connectivity index (χ0) is 15.5. The van der Waals surface area contributed by atoms with E-state index in [9.17, 15) is 22.4 Å². The Morgan fingerprint density at radius 2 is 2.00 bits per heavy atom. The fourth-order valence-electron chi connectivity index (χ4n) is 1.74. The van der Waals surface area contributed by atoms with Crippen LogP contribution in [-0.4, -0.2) is 12.5 Å². The van der Waals surface area contributed by atoms with Crippen molar-refractivity contribution in [3.63, 3.8) is 0 Å². The molecule has 112 valence electrons. The number of hydrogen-bond acceptors (Lipinski definition) is 2. The van der Waals surface area contributed by atoms with E-state index in [4.69, 9.17) is 0 Å². The quantitative estimate of drug-likeness (QED) is 0.852. The highest BCUT2D eigenvalue weighted by Crippen LogP contribution is 2.31. The van der Waals surface area contributed by atoms with Crippen LogP contribution in [0.2, 0.25) is 0 Å². The number of amides is 1. The van der Waals surface area contributed by atoms with E-state index >= 15 is 0 Å². The Bertz CT molecular complexity index is 622. The van der Waals surface area contributed by atoms with Gasteiger partial charge in [0, 0.05) is 17.0 Å². The highest BCUT2D eigenvalue weighted by atomic mass is 32.1. The summed E-state index contributed by atoms with van der Waals surface area (Å²) in [5.74, 6) is -2.05. The molecule has 1 aromatic heterocycles. The predicted molar refractivity (Wildman–Crippen MR) is 71.8 cm³/mol. The van der Waals surface area contributed by atoms with Crippen LogP contribution < -0.4 is 5.32 Å². The minimum Gasteiger partial charge on any atom is -0.352 e. The molecular weight excluding hydrogens is 306 g/mol. The number of alkyl halides is 3. The first-order valence-electron chi connectivity index (χ1n) is 6.05. The van der Waals surface area contributed by atoms with Gasteiger partial charge < -0.3 is 5.32 Å². The van der Waals surface area contributed by atoms with E-state index in [2.05, 4.69) is 5.32 Å². The lowest BCUT2D eigenvalue weighted by Crippen LogP contribution is -2.26. The summed E-state index contributed by atoms with van der Waals surface area (Å²) < 4.78 is 50.8. The van der Waals surface area contributed by atoms with Gasteiger partial charge in [0.1, 0.15) is 5.82 Å². The molecule has 0 atom stereocenters. The molecule has 2 rings (SSSR count). The zero-order valence-corrected chi connectivity index (χ0v) is 11.5. The van der Waals surface area contributed by atoms with Crippen LogP contribution >= 0.6 is 11.3 Å². The highest BCUT2D eigenvalue weighted by molar-refractivity contribution is 7.09. The van der Waals surface area contributed by atoms with E-state index in [0.717, 1.165) is 10.9 Å². The van der Waals surface area contributed by atoms with Gasteiger partial charge in [-0.2, -0.15) is 13.2 Å². The lowest BCUT2D eigenvalue weighted by atomic mass is 10.1. The second-order valence-corrected chi connectivity index (χ2v) is 5.31. The maximum Gasteiger partial charge on any atom is 0.419 e. The van der Waals surface area contributed by atoms with Gasteiger partial charge in [-0.25, -0.2) is 4.39 Å². The average molecular weight is 317 g/mol. The van der Waals surface area contributed by atoms with Crippen LogP contribution in [-0.2, 0) is 12.6 Å². The Labute approximate surface area is 122 Å².